The van der Waals surface area contributed by atoms with Crippen molar-refractivity contribution in [2.45, 2.75) is 38.5 Å². The van der Waals surface area contributed by atoms with E-state index in [0.717, 1.165) is 88.4 Å². The first-order chi connectivity index (χ1) is 16.3. The third-order valence-corrected chi connectivity index (χ3v) is 6.84. The summed E-state index contributed by atoms with van der Waals surface area (Å²) in [7, 11) is 0. The Balaban J connectivity index is 1.31. The molecular formula is C26H34N4O3. The quantitative estimate of drug-likeness (QED) is 0.647. The number of benzene rings is 1. The lowest BCUT2D eigenvalue weighted by atomic mass is 10.1. The summed E-state index contributed by atoms with van der Waals surface area (Å²) in [5.74, 6) is 0.901. The first kappa shape index (κ1) is 22.3. The predicted molar refractivity (Wildman–Crippen MR) is 126 cm³/mol. The predicted octanol–water partition coefficient (Wildman–Crippen LogP) is 2.80. The standard InChI is InChI=1S/C26H34N4O3/c31-26(30-11-1-10-29(12-13-30)24-4-5-24)22-2-3-23(19-28-14-16-32-17-15-28)25(18-22)33-20-21-6-8-27-9-7-21/h2-3,6-9,18,24H,1,4-5,10-17,19-20H2. The normalized spacial score (nSPS) is 20.4. The van der Waals surface area contributed by atoms with Gasteiger partial charge in [0.05, 0.1) is 13.2 Å². The molecule has 0 atom stereocenters. The van der Waals surface area contributed by atoms with Crippen molar-refractivity contribution in [2.75, 3.05) is 52.5 Å². The van der Waals surface area contributed by atoms with E-state index in [1.165, 1.54) is 12.8 Å². The maximum absolute atomic E-state index is 13.4. The topological polar surface area (TPSA) is 58.1 Å². The molecule has 1 aromatic heterocycles. The molecule has 3 fully saturated rings. The van der Waals surface area contributed by atoms with Gasteiger partial charge in [-0.3, -0.25) is 19.6 Å². The van der Waals surface area contributed by atoms with Crippen LogP contribution in [-0.4, -0.2) is 84.1 Å². The van der Waals surface area contributed by atoms with E-state index in [0.29, 0.717) is 12.2 Å². The van der Waals surface area contributed by atoms with Crippen LogP contribution in [0.15, 0.2) is 42.7 Å². The van der Waals surface area contributed by atoms with E-state index in [1.807, 2.05) is 29.2 Å². The van der Waals surface area contributed by atoms with Crippen LogP contribution in [0.4, 0.5) is 0 Å². The second kappa shape index (κ2) is 10.6. The highest BCUT2D eigenvalue weighted by Gasteiger charge is 2.31. The Morgan fingerprint density at radius 2 is 1.82 bits per heavy atom. The summed E-state index contributed by atoms with van der Waals surface area (Å²) in [6.45, 7) is 8.31. The highest BCUT2D eigenvalue weighted by atomic mass is 16.5. The Morgan fingerprint density at radius 1 is 1.00 bits per heavy atom. The van der Waals surface area contributed by atoms with E-state index >= 15 is 0 Å². The number of ether oxygens (including phenoxy) is 2. The first-order valence-corrected chi connectivity index (χ1v) is 12.2. The number of hydrogen-bond donors (Lipinski definition) is 0. The smallest absolute Gasteiger partial charge is 0.254 e. The molecule has 2 saturated heterocycles. The summed E-state index contributed by atoms with van der Waals surface area (Å²) < 4.78 is 11.8. The molecule has 176 valence electrons. The van der Waals surface area contributed by atoms with Crippen LogP contribution in [0.5, 0.6) is 5.75 Å². The van der Waals surface area contributed by atoms with Gasteiger partial charge < -0.3 is 14.4 Å². The van der Waals surface area contributed by atoms with Crippen LogP contribution >= 0.6 is 0 Å². The molecule has 0 spiro atoms. The highest BCUT2D eigenvalue weighted by molar-refractivity contribution is 5.94. The van der Waals surface area contributed by atoms with Crippen LogP contribution in [0.25, 0.3) is 0 Å². The second-order valence-electron chi connectivity index (χ2n) is 9.27. The zero-order valence-electron chi connectivity index (χ0n) is 19.3. The fraction of sp³-hybridized carbons (Fsp3) is 0.538. The number of amides is 1. The molecule has 2 aromatic rings. The molecule has 0 N–H and O–H groups in total. The number of aromatic nitrogens is 1. The summed E-state index contributed by atoms with van der Waals surface area (Å²) in [5.41, 5.74) is 2.88. The molecule has 1 saturated carbocycles. The van der Waals surface area contributed by atoms with Gasteiger partial charge in [-0.15, -0.1) is 0 Å². The van der Waals surface area contributed by atoms with Crippen LogP contribution in [-0.2, 0) is 17.9 Å². The van der Waals surface area contributed by atoms with Gasteiger partial charge in [-0.1, -0.05) is 6.07 Å². The monoisotopic (exact) mass is 450 g/mol. The number of rotatable bonds is 7. The Bertz CT molecular complexity index is 928. The van der Waals surface area contributed by atoms with E-state index in [-0.39, 0.29) is 5.91 Å². The van der Waals surface area contributed by atoms with E-state index in [1.54, 1.807) is 12.4 Å². The molecule has 33 heavy (non-hydrogen) atoms. The third-order valence-electron chi connectivity index (χ3n) is 6.84. The Morgan fingerprint density at radius 3 is 2.61 bits per heavy atom. The minimum absolute atomic E-state index is 0.110. The summed E-state index contributed by atoms with van der Waals surface area (Å²) in [5, 5.41) is 0. The zero-order valence-corrected chi connectivity index (χ0v) is 19.3. The molecule has 1 amide bonds. The molecule has 0 radical (unpaired) electrons. The van der Waals surface area contributed by atoms with Crippen molar-refractivity contribution in [3.05, 3.63) is 59.4 Å². The summed E-state index contributed by atoms with van der Waals surface area (Å²) >= 11 is 0. The van der Waals surface area contributed by atoms with Crippen molar-refractivity contribution < 1.29 is 14.3 Å². The van der Waals surface area contributed by atoms with Crippen molar-refractivity contribution in [2.24, 2.45) is 0 Å². The second-order valence-corrected chi connectivity index (χ2v) is 9.27. The minimum Gasteiger partial charge on any atom is -0.489 e. The maximum Gasteiger partial charge on any atom is 0.254 e. The van der Waals surface area contributed by atoms with Crippen LogP contribution in [0.3, 0.4) is 0 Å². The molecule has 2 aliphatic heterocycles. The number of nitrogens with zero attached hydrogens (tertiary/aromatic N) is 4. The van der Waals surface area contributed by atoms with Crippen LogP contribution in [0, 0.1) is 0 Å². The van der Waals surface area contributed by atoms with Crippen LogP contribution in [0.1, 0.15) is 40.7 Å². The Hall–Kier alpha value is -2.48. The molecule has 0 unspecified atom stereocenters. The number of pyridine rings is 1. The minimum atomic E-state index is 0.110. The zero-order chi connectivity index (χ0) is 22.5. The Kier molecular flexibility index (Phi) is 7.19. The van der Waals surface area contributed by atoms with Gasteiger partial charge >= 0.3 is 0 Å². The first-order valence-electron chi connectivity index (χ1n) is 12.2. The number of carbonyl (C=O) groups excluding carboxylic acids is 1. The molecule has 7 heteroatoms. The molecular weight excluding hydrogens is 416 g/mol. The highest BCUT2D eigenvalue weighted by Crippen LogP contribution is 2.28. The number of morpholine rings is 1. The van der Waals surface area contributed by atoms with Gasteiger partial charge in [0.25, 0.3) is 5.91 Å². The summed E-state index contributed by atoms with van der Waals surface area (Å²) in [4.78, 5) is 24.4. The van der Waals surface area contributed by atoms with Gasteiger partial charge in [-0.2, -0.15) is 0 Å². The van der Waals surface area contributed by atoms with Gasteiger partial charge in [0.1, 0.15) is 12.4 Å². The third kappa shape index (κ3) is 5.91. The summed E-state index contributed by atoms with van der Waals surface area (Å²) in [6, 6.07) is 10.7. The summed E-state index contributed by atoms with van der Waals surface area (Å²) in [6.07, 6.45) is 7.23. The van der Waals surface area contributed by atoms with E-state index < -0.39 is 0 Å². The van der Waals surface area contributed by atoms with Gasteiger partial charge in [0.15, 0.2) is 0 Å². The van der Waals surface area contributed by atoms with Gasteiger partial charge in [-0.25, -0.2) is 0 Å². The molecule has 5 rings (SSSR count). The van der Waals surface area contributed by atoms with Crippen molar-refractivity contribution in [3.8, 4) is 5.75 Å². The fourth-order valence-corrected chi connectivity index (χ4v) is 4.72. The SMILES string of the molecule is O=C(c1ccc(CN2CCOCC2)c(OCc2ccncc2)c1)N1CCCN(C2CC2)CC1. The molecule has 1 aliphatic carbocycles. The van der Waals surface area contributed by atoms with Crippen LogP contribution in [0.2, 0.25) is 0 Å². The number of carbonyl (C=O) groups is 1. The molecule has 7 nitrogen and oxygen atoms in total. The van der Waals surface area contributed by atoms with E-state index in [4.69, 9.17) is 9.47 Å². The van der Waals surface area contributed by atoms with Crippen molar-refractivity contribution in [1.82, 2.24) is 19.7 Å². The fourth-order valence-electron chi connectivity index (χ4n) is 4.72. The largest absolute Gasteiger partial charge is 0.489 e. The van der Waals surface area contributed by atoms with E-state index in [2.05, 4.69) is 20.9 Å². The average molecular weight is 451 g/mol. The molecule has 3 heterocycles. The van der Waals surface area contributed by atoms with E-state index in [9.17, 15) is 4.79 Å². The molecule has 0 bridgehead atoms. The van der Waals surface area contributed by atoms with Crippen LogP contribution < -0.4 is 4.74 Å². The average Bonchev–Trinajstić information content (AvgIpc) is 3.71. The molecule has 3 aliphatic rings. The lowest BCUT2D eigenvalue weighted by molar-refractivity contribution is 0.0337. The van der Waals surface area contributed by atoms with Crippen molar-refractivity contribution in [3.63, 3.8) is 0 Å². The van der Waals surface area contributed by atoms with Crippen molar-refractivity contribution >= 4 is 5.91 Å². The van der Waals surface area contributed by atoms with Gasteiger partial charge in [0, 0.05) is 75.4 Å². The molecule has 1 aromatic carbocycles. The Labute approximate surface area is 196 Å². The van der Waals surface area contributed by atoms with Crippen molar-refractivity contribution in [1.29, 1.82) is 0 Å². The lowest BCUT2D eigenvalue weighted by Crippen LogP contribution is -2.36. The van der Waals surface area contributed by atoms with Gasteiger partial charge in [0.2, 0.25) is 0 Å². The van der Waals surface area contributed by atoms with Gasteiger partial charge in [-0.05, 0) is 49.1 Å². The number of hydrogen-bond acceptors (Lipinski definition) is 6. The maximum atomic E-state index is 13.4. The lowest BCUT2D eigenvalue weighted by Gasteiger charge is -2.27.